The molecule has 0 saturated carbocycles. The van der Waals surface area contributed by atoms with Gasteiger partial charge in [-0.25, -0.2) is 0 Å². The lowest BCUT2D eigenvalue weighted by Gasteiger charge is -2.29. The first kappa shape index (κ1) is 14.0. The average Bonchev–Trinajstić information content (AvgIpc) is 2.42. The quantitative estimate of drug-likeness (QED) is 0.900. The fourth-order valence-electron chi connectivity index (χ4n) is 2.34. The first-order chi connectivity index (χ1) is 8.81. The zero-order chi connectivity index (χ0) is 12.8. The molecule has 2 N–H and O–H groups in total. The van der Waals surface area contributed by atoms with Crippen LogP contribution in [0.2, 0.25) is 5.02 Å². The Balaban J connectivity index is 1.88. The molecule has 1 heterocycles. The minimum absolute atomic E-state index is 0.446. The molecule has 1 aliphatic rings. The minimum Gasteiger partial charge on any atom is -0.492 e. The lowest BCUT2D eigenvalue weighted by molar-refractivity contribution is 0.191. The van der Waals surface area contributed by atoms with Gasteiger partial charge in [-0.1, -0.05) is 23.7 Å². The molecule has 1 aliphatic heterocycles. The van der Waals surface area contributed by atoms with Crippen LogP contribution in [-0.2, 0) is 0 Å². The highest BCUT2D eigenvalue weighted by Crippen LogP contribution is 2.30. The smallest absolute Gasteiger partial charge is 0.137 e. The average molecular weight is 286 g/mol. The fraction of sp³-hybridized carbons (Fsp3) is 0.571. The summed E-state index contributed by atoms with van der Waals surface area (Å²) < 4.78 is 5.82. The predicted molar refractivity (Wildman–Crippen MR) is 79.5 cm³/mol. The highest BCUT2D eigenvalue weighted by atomic mass is 35.5. The molecule has 4 heteroatoms. The maximum Gasteiger partial charge on any atom is 0.137 e. The van der Waals surface area contributed by atoms with Crippen molar-refractivity contribution in [2.24, 2.45) is 17.6 Å². The van der Waals surface area contributed by atoms with Crippen molar-refractivity contribution < 1.29 is 4.74 Å². The second kappa shape index (κ2) is 7.27. The largest absolute Gasteiger partial charge is 0.492 e. The van der Waals surface area contributed by atoms with Gasteiger partial charge in [0.25, 0.3) is 0 Å². The molecular formula is C14H20ClNOS. The summed E-state index contributed by atoms with van der Waals surface area (Å²) in [5.74, 6) is 4.43. The van der Waals surface area contributed by atoms with Gasteiger partial charge >= 0.3 is 0 Å². The maximum atomic E-state index is 6.08. The zero-order valence-corrected chi connectivity index (χ0v) is 12.1. The summed E-state index contributed by atoms with van der Waals surface area (Å²) in [5, 5.41) is 0.674. The summed E-state index contributed by atoms with van der Waals surface area (Å²) in [6.07, 6.45) is 2.52. The van der Waals surface area contributed by atoms with Crippen LogP contribution in [0.25, 0.3) is 0 Å². The molecule has 1 aromatic rings. The van der Waals surface area contributed by atoms with Crippen LogP contribution in [0.3, 0.4) is 0 Å². The number of nitrogens with two attached hydrogens (primary N) is 1. The van der Waals surface area contributed by atoms with E-state index in [9.17, 15) is 0 Å². The van der Waals surface area contributed by atoms with Gasteiger partial charge in [0, 0.05) is 5.92 Å². The molecule has 2 rings (SSSR count). The Morgan fingerprint density at radius 2 is 2.06 bits per heavy atom. The lowest BCUT2D eigenvalue weighted by Crippen LogP contribution is -2.31. The summed E-state index contributed by atoms with van der Waals surface area (Å²) in [5.41, 5.74) is 5.89. The number of thioether (sulfide) groups is 1. The number of benzene rings is 1. The number of rotatable bonds is 5. The predicted octanol–water partition coefficient (Wildman–Crippen LogP) is 3.44. The molecule has 1 saturated heterocycles. The van der Waals surface area contributed by atoms with Crippen LogP contribution in [0.15, 0.2) is 24.3 Å². The highest BCUT2D eigenvalue weighted by molar-refractivity contribution is 7.99. The molecule has 0 spiro atoms. The van der Waals surface area contributed by atoms with E-state index in [1.165, 1.54) is 24.3 Å². The van der Waals surface area contributed by atoms with E-state index in [1.54, 1.807) is 0 Å². The molecule has 1 atom stereocenters. The van der Waals surface area contributed by atoms with E-state index in [0.29, 0.717) is 30.0 Å². The van der Waals surface area contributed by atoms with Gasteiger partial charge in [0.05, 0.1) is 11.6 Å². The van der Waals surface area contributed by atoms with Crippen molar-refractivity contribution in [1.29, 1.82) is 0 Å². The van der Waals surface area contributed by atoms with Crippen LogP contribution in [-0.4, -0.2) is 24.7 Å². The molecule has 100 valence electrons. The van der Waals surface area contributed by atoms with Crippen LogP contribution in [0, 0.1) is 11.8 Å². The SMILES string of the molecule is NCC(COc1ccccc1Cl)C1CCSCC1. The first-order valence-corrected chi connectivity index (χ1v) is 7.99. The van der Waals surface area contributed by atoms with Gasteiger partial charge < -0.3 is 10.5 Å². The van der Waals surface area contributed by atoms with Crippen molar-refractivity contribution in [3.8, 4) is 5.75 Å². The maximum absolute atomic E-state index is 6.08. The fourth-order valence-corrected chi connectivity index (χ4v) is 3.68. The third-order valence-electron chi connectivity index (χ3n) is 3.52. The molecule has 0 amide bonds. The topological polar surface area (TPSA) is 35.2 Å². The Kier molecular flexibility index (Phi) is 5.67. The van der Waals surface area contributed by atoms with Crippen LogP contribution in [0.5, 0.6) is 5.75 Å². The number of hydrogen-bond donors (Lipinski definition) is 1. The van der Waals surface area contributed by atoms with E-state index < -0.39 is 0 Å². The van der Waals surface area contributed by atoms with Gasteiger partial charge in [0.15, 0.2) is 0 Å². The van der Waals surface area contributed by atoms with E-state index in [2.05, 4.69) is 0 Å². The first-order valence-electron chi connectivity index (χ1n) is 6.46. The minimum atomic E-state index is 0.446. The van der Waals surface area contributed by atoms with Gasteiger partial charge in [-0.05, 0) is 48.9 Å². The summed E-state index contributed by atoms with van der Waals surface area (Å²) in [6.45, 7) is 1.37. The normalized spacial score (nSPS) is 18.6. The molecule has 0 aliphatic carbocycles. The summed E-state index contributed by atoms with van der Waals surface area (Å²) in [6, 6.07) is 7.61. The van der Waals surface area contributed by atoms with Gasteiger partial charge in [-0.15, -0.1) is 0 Å². The van der Waals surface area contributed by atoms with Crippen molar-refractivity contribution in [2.75, 3.05) is 24.7 Å². The molecule has 1 unspecified atom stereocenters. The Morgan fingerprint density at radius 1 is 1.33 bits per heavy atom. The molecule has 0 radical (unpaired) electrons. The molecule has 2 nitrogen and oxygen atoms in total. The van der Waals surface area contributed by atoms with Crippen molar-refractivity contribution >= 4 is 23.4 Å². The number of halogens is 1. The Morgan fingerprint density at radius 3 is 2.72 bits per heavy atom. The van der Waals surface area contributed by atoms with Crippen molar-refractivity contribution in [2.45, 2.75) is 12.8 Å². The molecule has 1 fully saturated rings. The van der Waals surface area contributed by atoms with Gasteiger partial charge in [0.1, 0.15) is 5.75 Å². The van der Waals surface area contributed by atoms with E-state index in [1.807, 2.05) is 36.0 Å². The molecule has 0 aromatic heterocycles. The molecular weight excluding hydrogens is 266 g/mol. The van der Waals surface area contributed by atoms with Crippen LogP contribution >= 0.6 is 23.4 Å². The number of ether oxygens (including phenoxy) is 1. The second-order valence-corrected chi connectivity index (χ2v) is 6.32. The van der Waals surface area contributed by atoms with E-state index in [0.717, 1.165) is 5.75 Å². The lowest BCUT2D eigenvalue weighted by atomic mass is 9.88. The summed E-state index contributed by atoms with van der Waals surface area (Å²) in [7, 11) is 0. The van der Waals surface area contributed by atoms with Gasteiger partial charge in [0.2, 0.25) is 0 Å². The standard InChI is InChI=1S/C14H20ClNOS/c15-13-3-1-2-4-14(13)17-10-12(9-16)11-5-7-18-8-6-11/h1-4,11-12H,5-10,16H2. The molecule has 18 heavy (non-hydrogen) atoms. The van der Waals surface area contributed by atoms with E-state index in [-0.39, 0.29) is 0 Å². The van der Waals surface area contributed by atoms with Gasteiger partial charge in [-0.3, -0.25) is 0 Å². The summed E-state index contributed by atoms with van der Waals surface area (Å²) >= 11 is 8.12. The van der Waals surface area contributed by atoms with E-state index in [4.69, 9.17) is 22.1 Å². The third kappa shape index (κ3) is 3.81. The number of para-hydroxylation sites is 1. The van der Waals surface area contributed by atoms with Crippen LogP contribution < -0.4 is 10.5 Å². The molecule has 0 bridgehead atoms. The third-order valence-corrected chi connectivity index (χ3v) is 4.89. The second-order valence-electron chi connectivity index (χ2n) is 4.69. The Hall–Kier alpha value is -0.380. The van der Waals surface area contributed by atoms with Crippen LogP contribution in [0.4, 0.5) is 0 Å². The molecule has 1 aromatic carbocycles. The summed E-state index contributed by atoms with van der Waals surface area (Å²) in [4.78, 5) is 0. The van der Waals surface area contributed by atoms with Crippen molar-refractivity contribution in [3.63, 3.8) is 0 Å². The Labute approximate surface area is 118 Å². The van der Waals surface area contributed by atoms with Gasteiger partial charge in [-0.2, -0.15) is 11.8 Å². The van der Waals surface area contributed by atoms with E-state index >= 15 is 0 Å². The Bertz CT molecular complexity index is 369. The zero-order valence-electron chi connectivity index (χ0n) is 10.5. The van der Waals surface area contributed by atoms with Crippen molar-refractivity contribution in [1.82, 2.24) is 0 Å². The highest BCUT2D eigenvalue weighted by Gasteiger charge is 2.23. The van der Waals surface area contributed by atoms with Crippen LogP contribution in [0.1, 0.15) is 12.8 Å². The monoisotopic (exact) mass is 285 g/mol. The van der Waals surface area contributed by atoms with Crippen molar-refractivity contribution in [3.05, 3.63) is 29.3 Å². The number of hydrogen-bond acceptors (Lipinski definition) is 3.